The summed E-state index contributed by atoms with van der Waals surface area (Å²) in [7, 11) is 0. The monoisotopic (exact) mass is 369 g/mol. The molecule has 2 N–H and O–H groups in total. The van der Waals surface area contributed by atoms with Gasteiger partial charge >= 0.3 is 0 Å². The van der Waals surface area contributed by atoms with Gasteiger partial charge in [-0.1, -0.05) is 6.92 Å². The molecule has 0 aliphatic carbocycles. The van der Waals surface area contributed by atoms with Crippen molar-refractivity contribution in [2.45, 2.75) is 39.7 Å². The number of hydrogen-bond acceptors (Lipinski definition) is 4. The Labute approximate surface area is 159 Å². The van der Waals surface area contributed by atoms with E-state index in [-0.39, 0.29) is 23.6 Å². The minimum atomic E-state index is -0.338. The van der Waals surface area contributed by atoms with Crippen LogP contribution in [-0.4, -0.2) is 30.9 Å². The van der Waals surface area contributed by atoms with E-state index in [1.165, 1.54) is 6.26 Å². The van der Waals surface area contributed by atoms with Crippen LogP contribution in [0.3, 0.4) is 0 Å². The Hall–Kier alpha value is -2.76. The van der Waals surface area contributed by atoms with Crippen LogP contribution in [0.5, 0.6) is 0 Å². The number of piperidine rings is 1. The van der Waals surface area contributed by atoms with E-state index in [1.54, 1.807) is 18.2 Å². The molecular formula is C21H27N3O3. The number of nitrogens with one attached hydrogen (secondary N) is 2. The second-order valence-corrected chi connectivity index (χ2v) is 7.46. The number of amides is 2. The number of carbonyl (C=O) groups excluding carboxylic acids is 2. The summed E-state index contributed by atoms with van der Waals surface area (Å²) >= 11 is 0. The van der Waals surface area contributed by atoms with E-state index in [1.807, 2.05) is 26.0 Å². The van der Waals surface area contributed by atoms with Crippen molar-refractivity contribution in [3.63, 3.8) is 0 Å². The highest BCUT2D eigenvalue weighted by Crippen LogP contribution is 2.29. The Balaban J connectivity index is 1.86. The number of furan rings is 1. The first-order valence-electron chi connectivity index (χ1n) is 9.48. The average molecular weight is 369 g/mol. The third-order valence-corrected chi connectivity index (χ3v) is 4.79. The molecule has 27 heavy (non-hydrogen) atoms. The molecule has 1 aliphatic rings. The summed E-state index contributed by atoms with van der Waals surface area (Å²) < 4.78 is 5.13. The highest BCUT2D eigenvalue weighted by molar-refractivity contribution is 6.05. The van der Waals surface area contributed by atoms with E-state index in [0.29, 0.717) is 17.2 Å². The van der Waals surface area contributed by atoms with Crippen LogP contribution in [0.4, 0.5) is 11.4 Å². The molecule has 1 aromatic heterocycles. The molecule has 0 saturated carbocycles. The van der Waals surface area contributed by atoms with E-state index < -0.39 is 0 Å². The molecule has 0 unspecified atom stereocenters. The van der Waals surface area contributed by atoms with Crippen molar-refractivity contribution in [3.8, 4) is 0 Å². The molecule has 1 aliphatic heterocycles. The van der Waals surface area contributed by atoms with Crippen LogP contribution >= 0.6 is 0 Å². The SMILES string of the molecule is CC1CCN(c2ccc(NC(=O)c3ccco3)cc2C(=O)NC(C)C)CC1. The topological polar surface area (TPSA) is 74.6 Å². The average Bonchev–Trinajstić information content (AvgIpc) is 3.17. The summed E-state index contributed by atoms with van der Waals surface area (Å²) in [6.07, 6.45) is 3.68. The van der Waals surface area contributed by atoms with Gasteiger partial charge in [0.05, 0.1) is 11.8 Å². The second kappa shape index (κ2) is 8.29. The maximum atomic E-state index is 12.8. The van der Waals surface area contributed by atoms with Crippen LogP contribution in [0.1, 0.15) is 54.5 Å². The third kappa shape index (κ3) is 4.70. The molecule has 2 aromatic rings. The standard InChI is InChI=1S/C21H27N3O3/c1-14(2)22-20(25)17-13-16(23-21(26)19-5-4-12-27-19)6-7-18(17)24-10-8-15(3)9-11-24/h4-7,12-15H,8-11H2,1-3H3,(H,22,25)(H,23,26). The fourth-order valence-corrected chi connectivity index (χ4v) is 3.26. The lowest BCUT2D eigenvalue weighted by Gasteiger charge is -2.33. The van der Waals surface area contributed by atoms with Gasteiger partial charge in [-0.05, 0) is 62.9 Å². The van der Waals surface area contributed by atoms with Crippen LogP contribution in [0.25, 0.3) is 0 Å². The fourth-order valence-electron chi connectivity index (χ4n) is 3.26. The van der Waals surface area contributed by atoms with Crippen molar-refractivity contribution < 1.29 is 14.0 Å². The number of nitrogens with zero attached hydrogens (tertiary/aromatic N) is 1. The molecule has 0 bridgehead atoms. The third-order valence-electron chi connectivity index (χ3n) is 4.79. The second-order valence-electron chi connectivity index (χ2n) is 7.46. The van der Waals surface area contributed by atoms with Crippen LogP contribution in [0.2, 0.25) is 0 Å². The summed E-state index contributed by atoms with van der Waals surface area (Å²) in [6, 6.07) is 8.80. The van der Waals surface area contributed by atoms with Crippen LogP contribution < -0.4 is 15.5 Å². The molecule has 6 heteroatoms. The smallest absolute Gasteiger partial charge is 0.291 e. The first-order chi connectivity index (χ1) is 12.9. The molecule has 1 saturated heterocycles. The molecule has 6 nitrogen and oxygen atoms in total. The van der Waals surface area contributed by atoms with Gasteiger partial charge in [-0.2, -0.15) is 0 Å². The van der Waals surface area contributed by atoms with Crippen LogP contribution in [0.15, 0.2) is 41.0 Å². The van der Waals surface area contributed by atoms with Crippen molar-refractivity contribution >= 4 is 23.2 Å². The maximum Gasteiger partial charge on any atom is 0.291 e. The normalized spacial score (nSPS) is 15.0. The minimum absolute atomic E-state index is 0.0353. The summed E-state index contributed by atoms with van der Waals surface area (Å²) in [5.41, 5.74) is 2.06. The number of hydrogen-bond donors (Lipinski definition) is 2. The van der Waals surface area contributed by atoms with Crippen molar-refractivity contribution in [3.05, 3.63) is 47.9 Å². The van der Waals surface area contributed by atoms with Gasteiger partial charge in [0.15, 0.2) is 5.76 Å². The number of carbonyl (C=O) groups is 2. The maximum absolute atomic E-state index is 12.8. The number of anilines is 2. The Bertz CT molecular complexity index is 791. The van der Waals surface area contributed by atoms with Gasteiger partial charge < -0.3 is 20.0 Å². The zero-order valence-electron chi connectivity index (χ0n) is 16.1. The zero-order valence-corrected chi connectivity index (χ0v) is 16.1. The predicted molar refractivity (Wildman–Crippen MR) is 106 cm³/mol. The van der Waals surface area contributed by atoms with Gasteiger partial charge in [0.2, 0.25) is 0 Å². The molecule has 0 atom stereocenters. The van der Waals surface area contributed by atoms with E-state index in [2.05, 4.69) is 22.5 Å². The molecule has 0 spiro atoms. The predicted octanol–water partition coefficient (Wildman–Crippen LogP) is 3.91. The van der Waals surface area contributed by atoms with Gasteiger partial charge in [-0.25, -0.2) is 0 Å². The zero-order chi connectivity index (χ0) is 19.4. The summed E-state index contributed by atoms with van der Waals surface area (Å²) in [5, 5.41) is 5.76. The van der Waals surface area contributed by atoms with Crippen molar-refractivity contribution in [1.82, 2.24) is 5.32 Å². The number of benzene rings is 1. The Kier molecular flexibility index (Phi) is 5.84. The van der Waals surface area contributed by atoms with Crippen molar-refractivity contribution in [1.29, 1.82) is 0 Å². The van der Waals surface area contributed by atoms with Crippen molar-refractivity contribution in [2.24, 2.45) is 5.92 Å². The molecule has 2 heterocycles. The highest BCUT2D eigenvalue weighted by Gasteiger charge is 2.22. The molecular weight excluding hydrogens is 342 g/mol. The molecule has 144 valence electrons. The molecule has 0 radical (unpaired) electrons. The van der Waals surface area contributed by atoms with E-state index >= 15 is 0 Å². The molecule has 1 aromatic carbocycles. The lowest BCUT2D eigenvalue weighted by atomic mass is 9.97. The van der Waals surface area contributed by atoms with E-state index in [9.17, 15) is 9.59 Å². The van der Waals surface area contributed by atoms with Crippen LogP contribution in [-0.2, 0) is 0 Å². The van der Waals surface area contributed by atoms with E-state index in [0.717, 1.165) is 31.6 Å². The Morgan fingerprint density at radius 1 is 1.15 bits per heavy atom. The van der Waals surface area contributed by atoms with Gasteiger partial charge in [-0.3, -0.25) is 9.59 Å². The largest absolute Gasteiger partial charge is 0.459 e. The van der Waals surface area contributed by atoms with Gasteiger partial charge in [-0.15, -0.1) is 0 Å². The first-order valence-corrected chi connectivity index (χ1v) is 9.48. The highest BCUT2D eigenvalue weighted by atomic mass is 16.3. The lowest BCUT2D eigenvalue weighted by Crippen LogP contribution is -2.36. The van der Waals surface area contributed by atoms with Gasteiger partial charge in [0.1, 0.15) is 0 Å². The first kappa shape index (κ1) is 19.0. The molecule has 2 amide bonds. The summed E-state index contributed by atoms with van der Waals surface area (Å²) in [6.45, 7) is 7.99. The summed E-state index contributed by atoms with van der Waals surface area (Å²) in [4.78, 5) is 27.3. The number of rotatable bonds is 5. The fraction of sp³-hybridized carbons (Fsp3) is 0.429. The van der Waals surface area contributed by atoms with E-state index in [4.69, 9.17) is 4.42 Å². The molecule has 3 rings (SSSR count). The minimum Gasteiger partial charge on any atom is -0.459 e. The van der Waals surface area contributed by atoms with Gasteiger partial charge in [0, 0.05) is 30.5 Å². The molecule has 1 fully saturated rings. The quantitative estimate of drug-likeness (QED) is 0.838. The summed E-state index contributed by atoms with van der Waals surface area (Å²) in [5.74, 6) is 0.473. The van der Waals surface area contributed by atoms with Gasteiger partial charge in [0.25, 0.3) is 11.8 Å². The lowest BCUT2D eigenvalue weighted by molar-refractivity contribution is 0.0941. The van der Waals surface area contributed by atoms with Crippen LogP contribution in [0, 0.1) is 5.92 Å². The van der Waals surface area contributed by atoms with Crippen molar-refractivity contribution in [2.75, 3.05) is 23.3 Å². The Morgan fingerprint density at radius 2 is 1.89 bits per heavy atom. The Morgan fingerprint density at radius 3 is 2.52 bits per heavy atom.